The van der Waals surface area contributed by atoms with Crippen molar-refractivity contribution in [1.82, 2.24) is 29.0 Å². The first kappa shape index (κ1) is 19.2. The van der Waals surface area contributed by atoms with Gasteiger partial charge in [0, 0.05) is 38.1 Å². The molecule has 0 bridgehead atoms. The molecule has 9 nitrogen and oxygen atoms in total. The quantitative estimate of drug-likeness (QED) is 0.501. The largest absolute Gasteiger partial charge is 0.368 e. The molecule has 158 valence electrons. The molecular weight excluding hydrogens is 394 g/mol. The Balaban J connectivity index is 1.38. The van der Waals surface area contributed by atoms with E-state index in [4.69, 9.17) is 0 Å². The van der Waals surface area contributed by atoms with Gasteiger partial charge in [-0.25, -0.2) is 4.98 Å². The lowest BCUT2D eigenvalue weighted by Gasteiger charge is -2.37. The van der Waals surface area contributed by atoms with Gasteiger partial charge in [0.05, 0.1) is 5.52 Å². The number of anilines is 1. The summed E-state index contributed by atoms with van der Waals surface area (Å²) in [6, 6.07) is 9.98. The smallest absolute Gasteiger partial charge is 0.297 e. The summed E-state index contributed by atoms with van der Waals surface area (Å²) >= 11 is 0. The summed E-state index contributed by atoms with van der Waals surface area (Å²) < 4.78 is 3.01. The number of rotatable bonds is 3. The van der Waals surface area contributed by atoms with E-state index < -0.39 is 0 Å². The zero-order valence-corrected chi connectivity index (χ0v) is 17.5. The van der Waals surface area contributed by atoms with E-state index in [-0.39, 0.29) is 23.7 Å². The van der Waals surface area contributed by atoms with Crippen LogP contribution in [0.2, 0.25) is 0 Å². The van der Waals surface area contributed by atoms with E-state index in [1.807, 2.05) is 4.90 Å². The Labute approximate surface area is 178 Å². The van der Waals surface area contributed by atoms with E-state index in [9.17, 15) is 9.59 Å². The van der Waals surface area contributed by atoms with Gasteiger partial charge in [-0.2, -0.15) is 0 Å². The fourth-order valence-electron chi connectivity index (χ4n) is 4.20. The Hall–Kier alpha value is -3.75. The fourth-order valence-corrected chi connectivity index (χ4v) is 4.20. The second-order valence-corrected chi connectivity index (χ2v) is 7.92. The summed E-state index contributed by atoms with van der Waals surface area (Å²) in [6.45, 7) is 6.90. The van der Waals surface area contributed by atoms with Gasteiger partial charge in [-0.1, -0.05) is 12.1 Å². The van der Waals surface area contributed by atoms with Crippen molar-refractivity contribution in [3.8, 4) is 0 Å². The van der Waals surface area contributed by atoms with Gasteiger partial charge in [-0.15, -0.1) is 10.2 Å². The van der Waals surface area contributed by atoms with Gasteiger partial charge in [0.15, 0.2) is 5.65 Å². The molecule has 0 unspecified atom stereocenters. The molecule has 1 saturated heterocycles. The Morgan fingerprint density at radius 1 is 1.06 bits per heavy atom. The third kappa shape index (κ3) is 3.31. The third-order valence-corrected chi connectivity index (χ3v) is 5.90. The highest BCUT2D eigenvalue weighted by Crippen LogP contribution is 2.23. The van der Waals surface area contributed by atoms with Crippen molar-refractivity contribution in [3.05, 3.63) is 64.3 Å². The number of amides is 1. The summed E-state index contributed by atoms with van der Waals surface area (Å²) in [5.74, 6) is -0.0864. The molecule has 0 spiro atoms. The van der Waals surface area contributed by atoms with Crippen molar-refractivity contribution >= 4 is 28.4 Å². The van der Waals surface area contributed by atoms with Gasteiger partial charge in [0.1, 0.15) is 12.9 Å². The maximum Gasteiger partial charge on any atom is 0.297 e. The molecule has 31 heavy (non-hydrogen) atoms. The van der Waals surface area contributed by atoms with Gasteiger partial charge >= 0.3 is 0 Å². The zero-order chi connectivity index (χ0) is 21.5. The average molecular weight is 417 g/mol. The number of carbonyl (C=O) groups excluding carboxylic acids is 1. The molecule has 0 N–H and O–H groups in total. The van der Waals surface area contributed by atoms with Crippen LogP contribution in [0.1, 0.15) is 11.1 Å². The van der Waals surface area contributed by atoms with Crippen LogP contribution in [0.15, 0.2) is 47.7 Å². The molecule has 0 atom stereocenters. The first-order valence-electron chi connectivity index (χ1n) is 10.3. The summed E-state index contributed by atoms with van der Waals surface area (Å²) in [5.41, 5.74) is 4.63. The first-order valence-corrected chi connectivity index (χ1v) is 10.3. The third-order valence-electron chi connectivity index (χ3n) is 5.90. The van der Waals surface area contributed by atoms with E-state index in [2.05, 4.69) is 52.1 Å². The predicted molar refractivity (Wildman–Crippen MR) is 117 cm³/mol. The normalized spacial score (nSPS) is 14.5. The number of aromatic nitrogens is 5. The second kappa shape index (κ2) is 7.50. The average Bonchev–Trinajstić information content (AvgIpc) is 3.29. The number of fused-ring (bicyclic) bond motifs is 3. The Bertz CT molecular complexity index is 1350. The van der Waals surface area contributed by atoms with Gasteiger partial charge in [-0.3, -0.25) is 18.6 Å². The zero-order valence-electron chi connectivity index (χ0n) is 17.5. The highest BCUT2D eigenvalue weighted by molar-refractivity contribution is 5.80. The molecule has 0 radical (unpaired) electrons. The summed E-state index contributed by atoms with van der Waals surface area (Å²) in [5, 5.41) is 7.75. The Morgan fingerprint density at radius 2 is 1.87 bits per heavy atom. The highest BCUT2D eigenvalue weighted by atomic mass is 16.2. The maximum atomic E-state index is 13.1. The first-order chi connectivity index (χ1) is 15.0. The van der Waals surface area contributed by atoms with Crippen LogP contribution in [0.4, 0.5) is 5.69 Å². The topological polar surface area (TPSA) is 88.6 Å². The minimum atomic E-state index is -0.347. The van der Waals surface area contributed by atoms with Crippen LogP contribution < -0.4 is 10.5 Å². The minimum Gasteiger partial charge on any atom is -0.368 e. The van der Waals surface area contributed by atoms with Crippen molar-refractivity contribution < 1.29 is 4.79 Å². The van der Waals surface area contributed by atoms with E-state index in [0.717, 1.165) is 13.1 Å². The number of pyridine rings is 1. The van der Waals surface area contributed by atoms with Crippen LogP contribution in [0, 0.1) is 13.8 Å². The van der Waals surface area contributed by atoms with Crippen molar-refractivity contribution in [1.29, 1.82) is 0 Å². The van der Waals surface area contributed by atoms with Gasteiger partial charge < -0.3 is 9.80 Å². The Kier molecular flexibility index (Phi) is 4.65. The van der Waals surface area contributed by atoms with Gasteiger partial charge in [0.25, 0.3) is 5.56 Å². The van der Waals surface area contributed by atoms with Crippen molar-refractivity contribution in [2.24, 2.45) is 0 Å². The second-order valence-electron chi connectivity index (χ2n) is 7.92. The molecule has 5 rings (SSSR count). The number of nitrogens with zero attached hydrogens (tertiary/aromatic N) is 7. The van der Waals surface area contributed by atoms with Gasteiger partial charge in [0.2, 0.25) is 11.6 Å². The standard InChI is InChI=1S/C22H23N7O2/c1-15-5-6-16(2)18(12-15)26-8-10-27(11-9-26)19(30)13-28-17-4-3-7-23-20(17)29-14-24-25-21(29)22(28)31/h3-7,12,14H,8-11,13H2,1-2H3. The molecule has 0 aliphatic carbocycles. The predicted octanol–water partition coefficient (Wildman–Crippen LogP) is 1.40. The number of hydrogen-bond acceptors (Lipinski definition) is 6. The number of piperazine rings is 1. The molecule has 1 fully saturated rings. The van der Waals surface area contributed by atoms with Gasteiger partial charge in [-0.05, 0) is 43.2 Å². The lowest BCUT2D eigenvalue weighted by molar-refractivity contribution is -0.132. The molecule has 0 saturated carbocycles. The molecular formula is C22H23N7O2. The molecule has 9 heteroatoms. The van der Waals surface area contributed by atoms with Crippen LogP contribution in [0.3, 0.4) is 0 Å². The highest BCUT2D eigenvalue weighted by Gasteiger charge is 2.24. The van der Waals surface area contributed by atoms with Crippen LogP contribution in [0.25, 0.3) is 16.8 Å². The lowest BCUT2D eigenvalue weighted by Crippen LogP contribution is -2.50. The van der Waals surface area contributed by atoms with E-state index >= 15 is 0 Å². The van der Waals surface area contributed by atoms with Crippen molar-refractivity contribution in [2.45, 2.75) is 20.4 Å². The SMILES string of the molecule is Cc1ccc(C)c(N2CCN(C(=O)Cn3c(=O)c4nncn4c4ncccc43)CC2)c1. The summed E-state index contributed by atoms with van der Waals surface area (Å²) in [7, 11) is 0. The van der Waals surface area contributed by atoms with E-state index in [1.54, 1.807) is 22.7 Å². The maximum absolute atomic E-state index is 13.1. The number of carbonyl (C=O) groups is 1. The molecule has 1 aliphatic rings. The van der Waals surface area contributed by atoms with E-state index in [1.165, 1.54) is 27.7 Å². The van der Waals surface area contributed by atoms with Crippen LogP contribution >= 0.6 is 0 Å². The lowest BCUT2D eigenvalue weighted by atomic mass is 10.1. The molecule has 3 aromatic heterocycles. The number of hydrogen-bond donors (Lipinski definition) is 0. The molecule has 1 aromatic carbocycles. The molecule has 1 amide bonds. The monoisotopic (exact) mass is 417 g/mol. The molecule has 4 heterocycles. The number of aryl methyl sites for hydroxylation is 2. The number of benzene rings is 1. The minimum absolute atomic E-state index is 0.0478. The van der Waals surface area contributed by atoms with Crippen molar-refractivity contribution in [2.75, 3.05) is 31.1 Å². The van der Waals surface area contributed by atoms with Crippen LogP contribution in [-0.2, 0) is 11.3 Å². The summed E-state index contributed by atoms with van der Waals surface area (Å²) in [4.78, 5) is 34.5. The Morgan fingerprint density at radius 3 is 2.68 bits per heavy atom. The summed E-state index contributed by atoms with van der Waals surface area (Å²) in [6.07, 6.45) is 3.11. The fraction of sp³-hybridized carbons (Fsp3) is 0.318. The molecule has 1 aliphatic heterocycles. The van der Waals surface area contributed by atoms with E-state index in [0.29, 0.717) is 24.3 Å². The van der Waals surface area contributed by atoms with Crippen LogP contribution in [0.5, 0.6) is 0 Å². The van der Waals surface area contributed by atoms with Crippen molar-refractivity contribution in [3.63, 3.8) is 0 Å². The van der Waals surface area contributed by atoms with Crippen LogP contribution in [-0.4, -0.2) is 61.1 Å². The molecule has 4 aromatic rings.